The average molecular weight is 239 g/mol. The van der Waals surface area contributed by atoms with Gasteiger partial charge in [-0.1, -0.05) is 24.3 Å². The molecule has 0 saturated carbocycles. The molecule has 2 heterocycles. The van der Waals surface area contributed by atoms with Crippen LogP contribution in [-0.2, 0) is 0 Å². The monoisotopic (exact) mass is 239 g/mol. The molecule has 2 nitrogen and oxygen atoms in total. The van der Waals surface area contributed by atoms with Gasteiger partial charge in [-0.25, -0.2) is 0 Å². The average Bonchev–Trinajstić information content (AvgIpc) is 2.91. The Kier molecular flexibility index (Phi) is 2.46. The molecule has 0 aliphatic heterocycles. The molecule has 0 bridgehead atoms. The summed E-state index contributed by atoms with van der Waals surface area (Å²) in [7, 11) is 0. The summed E-state index contributed by atoms with van der Waals surface area (Å²) in [5.74, 6) is -0.0167. The summed E-state index contributed by atoms with van der Waals surface area (Å²) >= 11 is 1.52. The molecule has 0 fully saturated rings. The standard InChI is InChI=1S/C14H9NOS/c16-14(12-5-6-17-9-12)13-7-10-3-1-2-4-11(10)8-15-13/h1-9H. The number of aromatic nitrogens is 1. The van der Waals surface area contributed by atoms with Crippen LogP contribution >= 0.6 is 11.3 Å². The van der Waals surface area contributed by atoms with Gasteiger partial charge in [0.1, 0.15) is 5.69 Å². The molecule has 0 saturated heterocycles. The first kappa shape index (κ1) is 10.2. The number of fused-ring (bicyclic) bond motifs is 1. The van der Waals surface area contributed by atoms with Gasteiger partial charge in [-0.15, -0.1) is 0 Å². The van der Waals surface area contributed by atoms with Crippen molar-refractivity contribution < 1.29 is 4.79 Å². The molecule has 2 aromatic heterocycles. The molecule has 3 rings (SSSR count). The number of nitrogens with zero attached hydrogens (tertiary/aromatic N) is 1. The second kappa shape index (κ2) is 4.11. The van der Waals surface area contributed by atoms with E-state index in [2.05, 4.69) is 4.98 Å². The van der Waals surface area contributed by atoms with Crippen molar-refractivity contribution in [2.75, 3.05) is 0 Å². The van der Waals surface area contributed by atoms with Gasteiger partial charge in [-0.3, -0.25) is 9.78 Å². The topological polar surface area (TPSA) is 30.0 Å². The zero-order chi connectivity index (χ0) is 11.7. The number of benzene rings is 1. The summed E-state index contributed by atoms with van der Waals surface area (Å²) in [4.78, 5) is 16.3. The van der Waals surface area contributed by atoms with Gasteiger partial charge < -0.3 is 0 Å². The van der Waals surface area contributed by atoms with E-state index in [0.29, 0.717) is 11.3 Å². The van der Waals surface area contributed by atoms with Crippen molar-refractivity contribution in [3.05, 3.63) is 64.6 Å². The maximum Gasteiger partial charge on any atom is 0.212 e. The Balaban J connectivity index is 2.09. The van der Waals surface area contributed by atoms with E-state index in [4.69, 9.17) is 0 Å². The third kappa shape index (κ3) is 1.85. The third-order valence-electron chi connectivity index (χ3n) is 2.65. The van der Waals surface area contributed by atoms with E-state index in [1.165, 1.54) is 11.3 Å². The Morgan fingerprint density at radius 1 is 1.12 bits per heavy atom. The van der Waals surface area contributed by atoms with Crippen molar-refractivity contribution in [2.45, 2.75) is 0 Å². The smallest absolute Gasteiger partial charge is 0.212 e. The summed E-state index contributed by atoms with van der Waals surface area (Å²) in [6, 6.07) is 11.6. The van der Waals surface area contributed by atoms with Crippen LogP contribution in [0.15, 0.2) is 53.4 Å². The van der Waals surface area contributed by atoms with Crippen molar-refractivity contribution in [2.24, 2.45) is 0 Å². The van der Waals surface area contributed by atoms with E-state index in [9.17, 15) is 4.79 Å². The minimum Gasteiger partial charge on any atom is -0.287 e. The first-order valence-corrected chi connectivity index (χ1v) is 6.20. The number of rotatable bonds is 2. The van der Waals surface area contributed by atoms with Crippen molar-refractivity contribution in [3.8, 4) is 0 Å². The Morgan fingerprint density at radius 3 is 2.71 bits per heavy atom. The lowest BCUT2D eigenvalue weighted by molar-refractivity contribution is 0.103. The van der Waals surface area contributed by atoms with Gasteiger partial charge in [-0.2, -0.15) is 11.3 Å². The van der Waals surface area contributed by atoms with Crippen LogP contribution in [0.5, 0.6) is 0 Å². The van der Waals surface area contributed by atoms with E-state index in [1.807, 2.05) is 47.2 Å². The predicted molar refractivity (Wildman–Crippen MR) is 69.5 cm³/mol. The van der Waals surface area contributed by atoms with Crippen molar-refractivity contribution in [3.63, 3.8) is 0 Å². The largest absolute Gasteiger partial charge is 0.287 e. The normalized spacial score (nSPS) is 10.6. The molecule has 1 aromatic carbocycles. The molecule has 0 N–H and O–H groups in total. The molecule has 0 atom stereocenters. The van der Waals surface area contributed by atoms with Gasteiger partial charge in [0, 0.05) is 22.5 Å². The van der Waals surface area contributed by atoms with Crippen molar-refractivity contribution in [1.29, 1.82) is 0 Å². The number of hydrogen-bond acceptors (Lipinski definition) is 3. The van der Waals surface area contributed by atoms with Gasteiger partial charge in [-0.05, 0) is 22.9 Å². The van der Waals surface area contributed by atoms with E-state index in [0.717, 1.165) is 10.8 Å². The molecule has 3 heteroatoms. The minimum atomic E-state index is -0.0167. The molecule has 0 radical (unpaired) electrons. The molecule has 0 aliphatic rings. The van der Waals surface area contributed by atoms with Crippen LogP contribution in [0.2, 0.25) is 0 Å². The second-order valence-electron chi connectivity index (χ2n) is 3.76. The maximum absolute atomic E-state index is 12.1. The fraction of sp³-hybridized carbons (Fsp3) is 0. The number of ketones is 1. The predicted octanol–water partition coefficient (Wildman–Crippen LogP) is 3.53. The van der Waals surface area contributed by atoms with Crippen LogP contribution in [-0.4, -0.2) is 10.8 Å². The lowest BCUT2D eigenvalue weighted by Crippen LogP contribution is -2.02. The number of thiophene rings is 1. The van der Waals surface area contributed by atoms with Crippen molar-refractivity contribution in [1.82, 2.24) is 4.98 Å². The summed E-state index contributed by atoms with van der Waals surface area (Å²) in [6.45, 7) is 0. The van der Waals surface area contributed by atoms with Gasteiger partial charge in [0.25, 0.3) is 0 Å². The van der Waals surface area contributed by atoms with E-state index >= 15 is 0 Å². The SMILES string of the molecule is O=C(c1ccsc1)c1cc2ccccc2cn1. The van der Waals surface area contributed by atoms with E-state index in [-0.39, 0.29) is 5.78 Å². The Morgan fingerprint density at radius 2 is 1.94 bits per heavy atom. The molecule has 0 amide bonds. The van der Waals surface area contributed by atoms with Gasteiger partial charge in [0.2, 0.25) is 5.78 Å². The van der Waals surface area contributed by atoms with E-state index in [1.54, 1.807) is 6.20 Å². The Bertz CT molecular complexity index is 674. The molecule has 3 aromatic rings. The lowest BCUT2D eigenvalue weighted by Gasteiger charge is -2.00. The first-order valence-electron chi connectivity index (χ1n) is 5.26. The highest BCUT2D eigenvalue weighted by molar-refractivity contribution is 7.08. The second-order valence-corrected chi connectivity index (χ2v) is 4.54. The molecule has 82 valence electrons. The first-order chi connectivity index (χ1) is 8.34. The van der Waals surface area contributed by atoms with Crippen LogP contribution in [0.1, 0.15) is 16.1 Å². The van der Waals surface area contributed by atoms with Crippen LogP contribution in [0, 0.1) is 0 Å². The summed E-state index contributed by atoms with van der Waals surface area (Å²) < 4.78 is 0. The molecule has 0 spiro atoms. The van der Waals surface area contributed by atoms with Gasteiger partial charge >= 0.3 is 0 Å². The fourth-order valence-electron chi connectivity index (χ4n) is 1.75. The van der Waals surface area contributed by atoms with Crippen LogP contribution in [0.4, 0.5) is 0 Å². The zero-order valence-corrected chi connectivity index (χ0v) is 9.78. The van der Waals surface area contributed by atoms with Crippen LogP contribution < -0.4 is 0 Å². The van der Waals surface area contributed by atoms with E-state index < -0.39 is 0 Å². The Labute approximate surface area is 103 Å². The summed E-state index contributed by atoms with van der Waals surface area (Å²) in [6.07, 6.45) is 1.74. The van der Waals surface area contributed by atoms with Gasteiger partial charge in [0.05, 0.1) is 0 Å². The molecule has 17 heavy (non-hydrogen) atoms. The Hall–Kier alpha value is -2.00. The molecule has 0 unspecified atom stereocenters. The molecular formula is C14H9NOS. The number of carbonyl (C=O) groups excluding carboxylic acids is 1. The van der Waals surface area contributed by atoms with Crippen LogP contribution in [0.25, 0.3) is 10.8 Å². The number of carbonyl (C=O) groups is 1. The highest BCUT2D eigenvalue weighted by atomic mass is 32.1. The summed E-state index contributed by atoms with van der Waals surface area (Å²) in [5, 5.41) is 5.84. The van der Waals surface area contributed by atoms with Crippen LogP contribution in [0.3, 0.4) is 0 Å². The number of hydrogen-bond donors (Lipinski definition) is 0. The number of pyridine rings is 1. The maximum atomic E-state index is 12.1. The third-order valence-corrected chi connectivity index (χ3v) is 3.33. The van der Waals surface area contributed by atoms with Crippen molar-refractivity contribution >= 4 is 27.9 Å². The fourth-order valence-corrected chi connectivity index (χ4v) is 2.39. The highest BCUT2D eigenvalue weighted by Crippen LogP contribution is 2.16. The molecule has 0 aliphatic carbocycles. The minimum absolute atomic E-state index is 0.0167. The molecular weight excluding hydrogens is 230 g/mol. The lowest BCUT2D eigenvalue weighted by atomic mass is 10.1. The zero-order valence-electron chi connectivity index (χ0n) is 8.96. The summed E-state index contributed by atoms with van der Waals surface area (Å²) in [5.41, 5.74) is 1.21. The van der Waals surface area contributed by atoms with Gasteiger partial charge in [0.15, 0.2) is 0 Å². The quantitative estimate of drug-likeness (QED) is 0.640. The highest BCUT2D eigenvalue weighted by Gasteiger charge is 2.10.